The summed E-state index contributed by atoms with van der Waals surface area (Å²) in [5.41, 5.74) is 2.25. The molecule has 31 heavy (non-hydrogen) atoms. The Kier molecular flexibility index (Phi) is 5.83. The number of nitrogens with zero attached hydrogens (tertiary/aromatic N) is 3. The third kappa shape index (κ3) is 4.35. The molecule has 0 radical (unpaired) electrons. The average Bonchev–Trinajstić information content (AvgIpc) is 3.30. The standard InChI is InChI=1S/C22H22N4O5/c1-3-10-26-17-9-6-15(11-18(17)30-13-19(26)27)20-24-22(31-25-20)21(28)23-12-14-4-7-16(29-2)8-5-14/h4-9,11H,3,10,12-13H2,1-2H3,(H,23,28). The molecule has 0 spiro atoms. The van der Waals surface area contributed by atoms with Crippen molar-refractivity contribution in [2.75, 3.05) is 25.2 Å². The smallest absolute Gasteiger partial charge is 0.316 e. The van der Waals surface area contributed by atoms with E-state index in [1.807, 2.05) is 31.2 Å². The molecule has 1 aliphatic heterocycles. The summed E-state index contributed by atoms with van der Waals surface area (Å²) in [7, 11) is 1.60. The van der Waals surface area contributed by atoms with Gasteiger partial charge in [0.05, 0.1) is 12.8 Å². The molecule has 0 unspecified atom stereocenters. The molecule has 0 saturated heterocycles. The van der Waals surface area contributed by atoms with Crippen LogP contribution in [0.15, 0.2) is 47.0 Å². The molecule has 2 amide bonds. The summed E-state index contributed by atoms with van der Waals surface area (Å²) in [6.07, 6.45) is 0.840. The summed E-state index contributed by atoms with van der Waals surface area (Å²) < 4.78 is 15.8. The lowest BCUT2D eigenvalue weighted by atomic mass is 10.1. The number of hydrogen-bond donors (Lipinski definition) is 1. The van der Waals surface area contributed by atoms with Crippen LogP contribution in [0.1, 0.15) is 29.6 Å². The van der Waals surface area contributed by atoms with Gasteiger partial charge in [0.15, 0.2) is 6.61 Å². The summed E-state index contributed by atoms with van der Waals surface area (Å²) in [5, 5.41) is 6.65. The number of methoxy groups -OCH3 is 1. The topological polar surface area (TPSA) is 107 Å². The quantitative estimate of drug-likeness (QED) is 0.624. The Morgan fingerprint density at radius 2 is 2.03 bits per heavy atom. The Morgan fingerprint density at radius 1 is 1.23 bits per heavy atom. The van der Waals surface area contributed by atoms with Crippen LogP contribution in [-0.2, 0) is 11.3 Å². The van der Waals surface area contributed by atoms with E-state index in [1.54, 1.807) is 30.2 Å². The van der Waals surface area contributed by atoms with Crippen molar-refractivity contribution in [3.63, 3.8) is 0 Å². The molecule has 4 rings (SSSR count). The molecular weight excluding hydrogens is 400 g/mol. The molecule has 9 heteroatoms. The molecule has 160 valence electrons. The maximum atomic E-state index is 12.4. The van der Waals surface area contributed by atoms with E-state index in [-0.39, 0.29) is 24.2 Å². The third-order valence-electron chi connectivity index (χ3n) is 4.84. The van der Waals surface area contributed by atoms with E-state index < -0.39 is 5.91 Å². The fraction of sp³-hybridized carbons (Fsp3) is 0.273. The van der Waals surface area contributed by atoms with E-state index >= 15 is 0 Å². The van der Waals surface area contributed by atoms with Gasteiger partial charge in [-0.15, -0.1) is 0 Å². The Balaban J connectivity index is 1.45. The predicted octanol–water partition coefficient (Wildman–Crippen LogP) is 2.81. The van der Waals surface area contributed by atoms with Crippen molar-refractivity contribution in [2.45, 2.75) is 19.9 Å². The first-order chi connectivity index (χ1) is 15.1. The van der Waals surface area contributed by atoms with Crippen molar-refractivity contribution >= 4 is 17.5 Å². The van der Waals surface area contributed by atoms with Crippen molar-refractivity contribution in [2.24, 2.45) is 0 Å². The molecule has 0 bridgehead atoms. The second-order valence-corrected chi connectivity index (χ2v) is 6.97. The highest BCUT2D eigenvalue weighted by Crippen LogP contribution is 2.35. The summed E-state index contributed by atoms with van der Waals surface area (Å²) in [4.78, 5) is 30.4. The van der Waals surface area contributed by atoms with Gasteiger partial charge in [-0.1, -0.05) is 24.2 Å². The Morgan fingerprint density at radius 3 is 2.77 bits per heavy atom. The van der Waals surface area contributed by atoms with Gasteiger partial charge in [0.1, 0.15) is 11.5 Å². The SMILES string of the molecule is CCCN1C(=O)COc2cc(-c3noc(C(=O)NCc4ccc(OC)cc4)n3)ccc21. The van der Waals surface area contributed by atoms with Crippen LogP contribution in [0.3, 0.4) is 0 Å². The monoisotopic (exact) mass is 422 g/mol. The number of carbonyl (C=O) groups is 2. The van der Waals surface area contributed by atoms with Gasteiger partial charge in [-0.2, -0.15) is 4.98 Å². The Labute approximate surface area is 179 Å². The zero-order chi connectivity index (χ0) is 21.8. The molecular formula is C22H22N4O5. The number of nitrogens with one attached hydrogen (secondary N) is 1. The van der Waals surface area contributed by atoms with Gasteiger partial charge < -0.3 is 24.2 Å². The normalized spacial score (nSPS) is 12.8. The molecule has 0 atom stereocenters. The first kappa shape index (κ1) is 20.4. The fourth-order valence-corrected chi connectivity index (χ4v) is 3.25. The molecule has 1 aromatic heterocycles. The molecule has 0 saturated carbocycles. The number of ether oxygens (including phenoxy) is 2. The Bertz CT molecular complexity index is 1090. The van der Waals surface area contributed by atoms with Crippen LogP contribution in [0.2, 0.25) is 0 Å². The predicted molar refractivity (Wildman–Crippen MR) is 112 cm³/mol. The number of anilines is 1. The van der Waals surface area contributed by atoms with Crippen molar-refractivity contribution in [3.8, 4) is 22.9 Å². The first-order valence-corrected chi connectivity index (χ1v) is 9.91. The number of amides is 2. The summed E-state index contributed by atoms with van der Waals surface area (Å²) in [5.74, 6) is 0.902. The van der Waals surface area contributed by atoms with Gasteiger partial charge in [0.2, 0.25) is 5.82 Å². The van der Waals surface area contributed by atoms with Crippen LogP contribution in [0.5, 0.6) is 11.5 Å². The van der Waals surface area contributed by atoms with E-state index in [0.717, 1.165) is 17.7 Å². The van der Waals surface area contributed by atoms with E-state index in [2.05, 4.69) is 15.5 Å². The molecule has 2 heterocycles. The van der Waals surface area contributed by atoms with Crippen LogP contribution < -0.4 is 19.7 Å². The summed E-state index contributed by atoms with van der Waals surface area (Å²) >= 11 is 0. The zero-order valence-corrected chi connectivity index (χ0v) is 17.3. The largest absolute Gasteiger partial charge is 0.497 e. The second kappa shape index (κ2) is 8.86. The highest BCUT2D eigenvalue weighted by molar-refractivity contribution is 5.98. The lowest BCUT2D eigenvalue weighted by Gasteiger charge is -2.29. The summed E-state index contributed by atoms with van der Waals surface area (Å²) in [6, 6.07) is 12.7. The van der Waals surface area contributed by atoms with Crippen LogP contribution in [0, 0.1) is 0 Å². The lowest BCUT2D eigenvalue weighted by molar-refractivity contribution is -0.121. The highest BCUT2D eigenvalue weighted by Gasteiger charge is 2.26. The van der Waals surface area contributed by atoms with E-state index in [0.29, 0.717) is 30.1 Å². The molecule has 1 N–H and O–H groups in total. The fourth-order valence-electron chi connectivity index (χ4n) is 3.25. The number of fused-ring (bicyclic) bond motifs is 1. The minimum absolute atomic E-state index is 0.0122. The van der Waals surface area contributed by atoms with Crippen molar-refractivity contribution in [1.82, 2.24) is 15.5 Å². The summed E-state index contributed by atoms with van der Waals surface area (Å²) in [6.45, 7) is 2.93. The molecule has 1 aliphatic rings. The first-order valence-electron chi connectivity index (χ1n) is 9.91. The van der Waals surface area contributed by atoms with Gasteiger partial charge in [0.25, 0.3) is 5.91 Å². The van der Waals surface area contributed by atoms with Gasteiger partial charge in [-0.25, -0.2) is 0 Å². The van der Waals surface area contributed by atoms with Gasteiger partial charge in [-0.3, -0.25) is 9.59 Å². The van der Waals surface area contributed by atoms with Crippen molar-refractivity contribution < 1.29 is 23.6 Å². The minimum Gasteiger partial charge on any atom is -0.497 e. The molecule has 0 fully saturated rings. The van der Waals surface area contributed by atoms with Crippen LogP contribution >= 0.6 is 0 Å². The van der Waals surface area contributed by atoms with Crippen LogP contribution in [0.25, 0.3) is 11.4 Å². The number of aromatic nitrogens is 2. The van der Waals surface area contributed by atoms with Gasteiger partial charge in [-0.05, 0) is 42.3 Å². The van der Waals surface area contributed by atoms with Gasteiger partial charge in [0, 0.05) is 18.7 Å². The van der Waals surface area contributed by atoms with Crippen molar-refractivity contribution in [3.05, 3.63) is 53.9 Å². The number of rotatable bonds is 7. The zero-order valence-electron chi connectivity index (χ0n) is 17.3. The molecule has 9 nitrogen and oxygen atoms in total. The minimum atomic E-state index is -0.469. The van der Waals surface area contributed by atoms with Crippen LogP contribution in [0.4, 0.5) is 5.69 Å². The molecule has 2 aromatic carbocycles. The third-order valence-corrected chi connectivity index (χ3v) is 4.84. The molecule has 0 aliphatic carbocycles. The lowest BCUT2D eigenvalue weighted by Crippen LogP contribution is -2.39. The van der Waals surface area contributed by atoms with Gasteiger partial charge >= 0.3 is 11.8 Å². The van der Waals surface area contributed by atoms with E-state index in [1.165, 1.54) is 0 Å². The Hall–Kier alpha value is -3.88. The maximum absolute atomic E-state index is 12.4. The second-order valence-electron chi connectivity index (χ2n) is 6.97. The molecule has 3 aromatic rings. The van der Waals surface area contributed by atoms with E-state index in [9.17, 15) is 9.59 Å². The highest BCUT2D eigenvalue weighted by atomic mass is 16.5. The number of hydrogen-bond acceptors (Lipinski definition) is 7. The van der Waals surface area contributed by atoms with Crippen molar-refractivity contribution in [1.29, 1.82) is 0 Å². The van der Waals surface area contributed by atoms with Crippen LogP contribution in [-0.4, -0.2) is 42.2 Å². The number of carbonyl (C=O) groups excluding carboxylic acids is 2. The van der Waals surface area contributed by atoms with E-state index in [4.69, 9.17) is 14.0 Å². The number of benzene rings is 2. The average molecular weight is 422 g/mol. The maximum Gasteiger partial charge on any atom is 0.316 e.